The van der Waals surface area contributed by atoms with Crippen LogP contribution < -0.4 is 5.32 Å². The lowest BCUT2D eigenvalue weighted by Crippen LogP contribution is -2.44. The molecule has 0 unspecified atom stereocenters. The molecule has 1 heterocycles. The molecular weight excluding hydrogens is 314 g/mol. The maximum atomic E-state index is 12.6. The predicted octanol–water partition coefficient (Wildman–Crippen LogP) is 4.76. The molecule has 0 saturated heterocycles. The standard InChI is InChI=1S/C21H21NOS/c1-21(17-9-4-2-5-10-17,18-11-6-3-7-12-18)22-20(23)15-14-19-13-8-16-24-19/h2-13,16H,14-15H2,1H3,(H,22,23). The summed E-state index contributed by atoms with van der Waals surface area (Å²) in [6.07, 6.45) is 1.28. The largest absolute Gasteiger partial charge is 0.343 e. The van der Waals surface area contributed by atoms with Crippen LogP contribution in [0.15, 0.2) is 78.2 Å². The number of aryl methyl sites for hydroxylation is 1. The molecule has 0 bridgehead atoms. The monoisotopic (exact) mass is 335 g/mol. The number of amides is 1. The fraction of sp³-hybridized carbons (Fsp3) is 0.190. The van der Waals surface area contributed by atoms with E-state index in [1.54, 1.807) is 11.3 Å². The quantitative estimate of drug-likeness (QED) is 0.691. The smallest absolute Gasteiger partial charge is 0.221 e. The molecule has 0 aliphatic carbocycles. The molecule has 3 rings (SSSR count). The SMILES string of the molecule is CC(NC(=O)CCc1cccs1)(c1ccccc1)c1ccccc1. The van der Waals surface area contributed by atoms with E-state index in [-0.39, 0.29) is 5.91 Å². The van der Waals surface area contributed by atoms with Crippen LogP contribution in [0, 0.1) is 0 Å². The highest BCUT2D eigenvalue weighted by Gasteiger charge is 2.30. The van der Waals surface area contributed by atoms with E-state index in [9.17, 15) is 4.79 Å². The Morgan fingerprint density at radius 1 is 0.917 bits per heavy atom. The highest BCUT2D eigenvalue weighted by molar-refractivity contribution is 7.09. The van der Waals surface area contributed by atoms with Gasteiger partial charge in [0.25, 0.3) is 0 Å². The van der Waals surface area contributed by atoms with Crippen LogP contribution in [-0.4, -0.2) is 5.91 Å². The van der Waals surface area contributed by atoms with Gasteiger partial charge in [0.05, 0.1) is 5.54 Å². The number of carbonyl (C=O) groups is 1. The second-order valence-electron chi connectivity index (χ2n) is 5.98. The molecular formula is C21H21NOS. The van der Waals surface area contributed by atoms with Gasteiger partial charge in [0.1, 0.15) is 0 Å². The van der Waals surface area contributed by atoms with Crippen LogP contribution in [0.1, 0.15) is 29.3 Å². The fourth-order valence-corrected chi connectivity index (χ4v) is 3.60. The summed E-state index contributed by atoms with van der Waals surface area (Å²) < 4.78 is 0. The third kappa shape index (κ3) is 3.74. The van der Waals surface area contributed by atoms with E-state index in [0.29, 0.717) is 6.42 Å². The molecule has 0 fully saturated rings. The minimum absolute atomic E-state index is 0.0682. The Labute approximate surface area is 147 Å². The lowest BCUT2D eigenvalue weighted by molar-refractivity contribution is -0.122. The van der Waals surface area contributed by atoms with E-state index in [2.05, 4.69) is 42.6 Å². The van der Waals surface area contributed by atoms with Gasteiger partial charge < -0.3 is 5.32 Å². The lowest BCUT2D eigenvalue weighted by atomic mass is 9.84. The normalized spacial score (nSPS) is 11.2. The Kier molecular flexibility index (Phi) is 5.11. The number of nitrogens with one attached hydrogen (secondary N) is 1. The van der Waals surface area contributed by atoms with Crippen molar-refractivity contribution in [1.82, 2.24) is 5.32 Å². The summed E-state index contributed by atoms with van der Waals surface area (Å²) in [5.74, 6) is 0.0682. The molecule has 1 aromatic heterocycles. The van der Waals surface area contributed by atoms with Crippen molar-refractivity contribution in [3.8, 4) is 0 Å². The average Bonchev–Trinajstić information content (AvgIpc) is 3.15. The second-order valence-corrected chi connectivity index (χ2v) is 7.02. The van der Waals surface area contributed by atoms with Gasteiger partial charge in [-0.3, -0.25) is 4.79 Å². The zero-order chi connectivity index (χ0) is 16.8. The molecule has 3 heteroatoms. The molecule has 122 valence electrons. The first-order valence-corrected chi connectivity index (χ1v) is 9.01. The van der Waals surface area contributed by atoms with Crippen molar-refractivity contribution >= 4 is 17.2 Å². The van der Waals surface area contributed by atoms with Gasteiger partial charge in [-0.05, 0) is 35.9 Å². The third-order valence-electron chi connectivity index (χ3n) is 4.27. The van der Waals surface area contributed by atoms with Crippen LogP contribution in [0.5, 0.6) is 0 Å². The first kappa shape index (κ1) is 16.5. The molecule has 2 aromatic carbocycles. The summed E-state index contributed by atoms with van der Waals surface area (Å²) in [6, 6.07) is 24.4. The van der Waals surface area contributed by atoms with Crippen molar-refractivity contribution in [3.63, 3.8) is 0 Å². The number of benzene rings is 2. The van der Waals surface area contributed by atoms with Crippen molar-refractivity contribution in [2.24, 2.45) is 0 Å². The van der Waals surface area contributed by atoms with Crippen molar-refractivity contribution in [2.45, 2.75) is 25.3 Å². The Bertz CT molecular complexity index is 727. The van der Waals surface area contributed by atoms with Gasteiger partial charge in [-0.1, -0.05) is 66.7 Å². The van der Waals surface area contributed by atoms with Gasteiger partial charge in [-0.2, -0.15) is 0 Å². The highest BCUT2D eigenvalue weighted by Crippen LogP contribution is 2.29. The Balaban J connectivity index is 1.81. The lowest BCUT2D eigenvalue weighted by Gasteiger charge is -2.32. The molecule has 0 aliphatic rings. The van der Waals surface area contributed by atoms with Gasteiger partial charge in [-0.25, -0.2) is 0 Å². The van der Waals surface area contributed by atoms with Crippen LogP contribution in [0.25, 0.3) is 0 Å². The molecule has 0 atom stereocenters. The third-order valence-corrected chi connectivity index (χ3v) is 5.21. The Morgan fingerprint density at radius 2 is 1.50 bits per heavy atom. The number of hydrogen-bond acceptors (Lipinski definition) is 2. The first-order valence-electron chi connectivity index (χ1n) is 8.13. The van der Waals surface area contributed by atoms with Crippen LogP contribution in [-0.2, 0) is 16.8 Å². The molecule has 0 radical (unpaired) electrons. The van der Waals surface area contributed by atoms with Gasteiger partial charge >= 0.3 is 0 Å². The summed E-state index contributed by atoms with van der Waals surface area (Å²) >= 11 is 1.70. The predicted molar refractivity (Wildman–Crippen MR) is 100 cm³/mol. The molecule has 24 heavy (non-hydrogen) atoms. The van der Waals surface area contributed by atoms with Crippen molar-refractivity contribution in [1.29, 1.82) is 0 Å². The van der Waals surface area contributed by atoms with Crippen LogP contribution in [0.2, 0.25) is 0 Å². The summed E-state index contributed by atoms with van der Waals surface area (Å²) in [5.41, 5.74) is 1.64. The minimum atomic E-state index is -0.533. The summed E-state index contributed by atoms with van der Waals surface area (Å²) in [7, 11) is 0. The highest BCUT2D eigenvalue weighted by atomic mass is 32.1. The number of hydrogen-bond donors (Lipinski definition) is 1. The average molecular weight is 335 g/mol. The fourth-order valence-electron chi connectivity index (χ4n) is 2.89. The maximum absolute atomic E-state index is 12.6. The molecule has 3 aromatic rings. The Morgan fingerprint density at radius 3 is 2.00 bits per heavy atom. The van der Waals surface area contributed by atoms with E-state index >= 15 is 0 Å². The summed E-state index contributed by atoms with van der Waals surface area (Å²) in [4.78, 5) is 13.8. The van der Waals surface area contributed by atoms with Crippen LogP contribution in [0.4, 0.5) is 0 Å². The summed E-state index contributed by atoms with van der Waals surface area (Å²) in [5, 5.41) is 5.30. The maximum Gasteiger partial charge on any atom is 0.221 e. The summed E-state index contributed by atoms with van der Waals surface area (Å²) in [6.45, 7) is 2.07. The first-order chi connectivity index (χ1) is 11.7. The molecule has 1 N–H and O–H groups in total. The molecule has 0 aliphatic heterocycles. The van der Waals surface area contributed by atoms with Crippen molar-refractivity contribution in [3.05, 3.63) is 94.2 Å². The molecule has 0 spiro atoms. The van der Waals surface area contributed by atoms with E-state index in [1.807, 2.05) is 47.8 Å². The number of carbonyl (C=O) groups excluding carboxylic acids is 1. The number of thiophene rings is 1. The van der Waals surface area contributed by atoms with Gasteiger partial charge in [-0.15, -0.1) is 11.3 Å². The van der Waals surface area contributed by atoms with Gasteiger partial charge in [0.2, 0.25) is 5.91 Å². The second kappa shape index (κ2) is 7.45. The zero-order valence-electron chi connectivity index (χ0n) is 13.7. The van der Waals surface area contributed by atoms with Crippen LogP contribution >= 0.6 is 11.3 Å². The van der Waals surface area contributed by atoms with E-state index < -0.39 is 5.54 Å². The van der Waals surface area contributed by atoms with Gasteiger partial charge in [0, 0.05) is 11.3 Å². The van der Waals surface area contributed by atoms with Crippen molar-refractivity contribution < 1.29 is 4.79 Å². The molecule has 2 nitrogen and oxygen atoms in total. The van der Waals surface area contributed by atoms with E-state index in [0.717, 1.165) is 17.5 Å². The van der Waals surface area contributed by atoms with Gasteiger partial charge in [0.15, 0.2) is 0 Å². The Hall–Kier alpha value is -2.39. The molecule has 0 saturated carbocycles. The topological polar surface area (TPSA) is 29.1 Å². The zero-order valence-corrected chi connectivity index (χ0v) is 14.6. The minimum Gasteiger partial charge on any atom is -0.343 e. The van der Waals surface area contributed by atoms with E-state index in [4.69, 9.17) is 0 Å². The van der Waals surface area contributed by atoms with Crippen molar-refractivity contribution in [2.75, 3.05) is 0 Å². The molecule has 1 amide bonds. The van der Waals surface area contributed by atoms with E-state index in [1.165, 1.54) is 4.88 Å². The van der Waals surface area contributed by atoms with Crippen LogP contribution in [0.3, 0.4) is 0 Å². The number of rotatable bonds is 6.